The van der Waals surface area contributed by atoms with Crippen molar-refractivity contribution in [1.29, 1.82) is 5.26 Å². The maximum absolute atomic E-state index is 11.5. The van der Waals surface area contributed by atoms with Gasteiger partial charge in [-0.3, -0.25) is 9.78 Å². The lowest BCUT2D eigenvalue weighted by Crippen LogP contribution is -2.35. The van der Waals surface area contributed by atoms with Gasteiger partial charge >= 0.3 is 0 Å². The molecule has 4 nitrogen and oxygen atoms in total. The fourth-order valence-corrected chi connectivity index (χ4v) is 1.13. The molecule has 0 bridgehead atoms. The summed E-state index contributed by atoms with van der Waals surface area (Å²) in [6, 6.07) is 5.28. The van der Waals surface area contributed by atoms with Gasteiger partial charge < -0.3 is 5.32 Å². The molecule has 1 saturated carbocycles. The number of pyridine rings is 1. The summed E-state index contributed by atoms with van der Waals surface area (Å²) in [4.78, 5) is 15.3. The van der Waals surface area contributed by atoms with Crippen LogP contribution < -0.4 is 5.32 Å². The first-order chi connectivity index (χ1) is 6.76. The largest absolute Gasteiger partial charge is 0.334 e. The van der Waals surface area contributed by atoms with Crippen LogP contribution in [0.3, 0.4) is 0 Å². The van der Waals surface area contributed by atoms with Crippen molar-refractivity contribution in [3.8, 4) is 6.07 Å². The third-order valence-electron chi connectivity index (χ3n) is 2.19. The van der Waals surface area contributed by atoms with Crippen molar-refractivity contribution in [2.45, 2.75) is 18.4 Å². The maximum atomic E-state index is 11.5. The second-order valence-corrected chi connectivity index (χ2v) is 3.32. The monoisotopic (exact) mass is 186 g/mol. The number of nitrogens with one attached hydrogen (secondary N) is 1. The zero-order valence-corrected chi connectivity index (χ0v) is 7.45. The van der Waals surface area contributed by atoms with E-state index in [1.165, 1.54) is 6.20 Å². The molecule has 2 rings (SSSR count). The molecule has 4 heteroatoms. The molecule has 0 spiro atoms. The molecule has 0 saturated heterocycles. The van der Waals surface area contributed by atoms with Crippen molar-refractivity contribution in [3.05, 3.63) is 30.1 Å². The van der Waals surface area contributed by atoms with E-state index < -0.39 is 5.54 Å². The first-order valence-corrected chi connectivity index (χ1v) is 4.32. The van der Waals surface area contributed by atoms with Gasteiger partial charge in [0, 0.05) is 6.20 Å². The topological polar surface area (TPSA) is 65.8 Å². The molecular weight excluding hydrogens is 178 g/mol. The van der Waals surface area contributed by atoms with Crippen LogP contribution in [0.2, 0.25) is 0 Å². The van der Waals surface area contributed by atoms with Crippen molar-refractivity contribution < 1.29 is 4.79 Å². The lowest BCUT2D eigenvalue weighted by atomic mass is 10.2. The van der Waals surface area contributed by atoms with Gasteiger partial charge in [0.25, 0.3) is 5.91 Å². The van der Waals surface area contributed by atoms with Gasteiger partial charge in [-0.25, -0.2) is 0 Å². The van der Waals surface area contributed by atoms with Gasteiger partial charge in [0.1, 0.15) is 5.54 Å². The molecule has 1 aliphatic carbocycles. The Kier molecular flexibility index (Phi) is 1.93. The first-order valence-electron chi connectivity index (χ1n) is 4.32. The van der Waals surface area contributed by atoms with Crippen LogP contribution in [0.5, 0.6) is 0 Å². The van der Waals surface area contributed by atoms with Crippen molar-refractivity contribution in [2.24, 2.45) is 0 Å². The van der Waals surface area contributed by atoms with Crippen molar-refractivity contribution in [1.82, 2.24) is 10.3 Å². The highest BCUT2D eigenvalue weighted by atomic mass is 16.1. The minimum Gasteiger partial charge on any atom is -0.334 e. The Bertz CT molecular complexity index is 390. The summed E-state index contributed by atoms with van der Waals surface area (Å²) < 4.78 is 0. The van der Waals surface area contributed by atoms with Gasteiger partial charge in [-0.1, -0.05) is 0 Å². The number of nitrogens with zero attached hydrogens (tertiary/aromatic N) is 2. The summed E-state index contributed by atoms with van der Waals surface area (Å²) in [5.41, 5.74) is -0.151. The number of carbonyl (C=O) groups is 1. The van der Waals surface area contributed by atoms with E-state index in [0.717, 1.165) is 12.8 Å². The summed E-state index contributed by atoms with van der Waals surface area (Å²) in [5, 5.41) is 11.4. The zero-order valence-electron chi connectivity index (χ0n) is 7.45. The molecule has 14 heavy (non-hydrogen) atoms. The quantitative estimate of drug-likeness (QED) is 0.738. The van der Waals surface area contributed by atoms with Crippen LogP contribution >= 0.6 is 0 Å². The molecule has 1 aromatic heterocycles. The van der Waals surface area contributed by atoms with Crippen molar-refractivity contribution in [3.63, 3.8) is 0 Å². The van der Waals surface area contributed by atoms with Gasteiger partial charge in [0.15, 0.2) is 0 Å². The van der Waals surface area contributed by atoms with E-state index in [4.69, 9.17) is 5.26 Å². The number of nitriles is 1. The van der Waals surface area contributed by atoms with Crippen LogP contribution in [-0.4, -0.2) is 16.4 Å². The summed E-state index contributed by atoms with van der Waals surface area (Å²) in [6.07, 6.45) is 5.49. The summed E-state index contributed by atoms with van der Waals surface area (Å²) in [6.45, 7) is 0. The van der Waals surface area contributed by atoms with E-state index in [1.807, 2.05) is 0 Å². The van der Waals surface area contributed by atoms with E-state index in [-0.39, 0.29) is 5.91 Å². The predicted octanol–water partition coefficient (Wildman–Crippen LogP) is 0.668. The third kappa shape index (κ3) is 1.57. The second kappa shape index (κ2) is 3.11. The van der Waals surface area contributed by atoms with Gasteiger partial charge in [-0.05, 0) is 25.0 Å². The predicted molar refractivity (Wildman–Crippen MR) is 48.1 cm³/mol. The Morgan fingerprint density at radius 3 is 3.00 bits per heavy atom. The molecule has 0 aliphatic heterocycles. The fraction of sp³-hybridized carbons (Fsp3) is 0.300. The third-order valence-corrected chi connectivity index (χ3v) is 2.19. The van der Waals surface area contributed by atoms with Crippen molar-refractivity contribution >= 4 is 5.91 Å². The first kappa shape index (κ1) is 8.70. The number of aromatic nitrogens is 1. The Morgan fingerprint density at radius 2 is 2.50 bits per heavy atom. The van der Waals surface area contributed by atoms with Crippen LogP contribution in [0.15, 0.2) is 18.3 Å². The lowest BCUT2D eigenvalue weighted by Gasteiger charge is -2.07. The molecule has 1 amide bonds. The minimum absolute atomic E-state index is 0.245. The smallest absolute Gasteiger partial charge is 0.254 e. The number of hydrogen-bond acceptors (Lipinski definition) is 3. The Morgan fingerprint density at radius 1 is 1.71 bits per heavy atom. The standard InChI is InChI=1S/C10H8N3O/c11-7-10(3-4-10)13-9(14)8-2-1-5-12-6-8/h1-2,6H,3-4H2,(H,13,14). The average Bonchev–Trinajstić information content (AvgIpc) is 3.00. The minimum atomic E-state index is -0.614. The van der Waals surface area contributed by atoms with Gasteiger partial charge in [0.05, 0.1) is 17.8 Å². The van der Waals surface area contributed by atoms with Crippen LogP contribution in [0.25, 0.3) is 0 Å². The second-order valence-electron chi connectivity index (χ2n) is 3.32. The number of hydrogen-bond donors (Lipinski definition) is 1. The van der Waals surface area contributed by atoms with E-state index in [0.29, 0.717) is 5.56 Å². The summed E-state index contributed by atoms with van der Waals surface area (Å²) in [7, 11) is 0. The molecule has 1 aliphatic rings. The van der Waals surface area contributed by atoms with Gasteiger partial charge in [-0.2, -0.15) is 5.26 Å². The highest BCUT2D eigenvalue weighted by molar-refractivity contribution is 5.94. The molecule has 0 unspecified atom stereocenters. The van der Waals surface area contributed by atoms with E-state index >= 15 is 0 Å². The molecule has 0 atom stereocenters. The van der Waals surface area contributed by atoms with Crippen molar-refractivity contribution in [2.75, 3.05) is 0 Å². The number of amides is 1. The number of rotatable bonds is 2. The van der Waals surface area contributed by atoms with Gasteiger partial charge in [0.2, 0.25) is 0 Å². The number of carbonyl (C=O) groups excluding carboxylic acids is 1. The van der Waals surface area contributed by atoms with Gasteiger partial charge in [-0.15, -0.1) is 0 Å². The van der Waals surface area contributed by atoms with Crippen LogP contribution in [0.1, 0.15) is 23.2 Å². The Hall–Kier alpha value is -1.89. The fourth-order valence-electron chi connectivity index (χ4n) is 1.13. The normalized spacial score (nSPS) is 16.8. The average molecular weight is 186 g/mol. The SMILES string of the molecule is N#CC1(NC(=O)c2cc[c]nc2)CC1. The lowest BCUT2D eigenvalue weighted by molar-refractivity contribution is 0.0941. The van der Waals surface area contributed by atoms with E-state index in [1.54, 1.807) is 12.1 Å². The van der Waals surface area contributed by atoms with Crippen LogP contribution in [0.4, 0.5) is 0 Å². The maximum Gasteiger partial charge on any atom is 0.254 e. The van der Waals surface area contributed by atoms with Crippen LogP contribution in [-0.2, 0) is 0 Å². The highest BCUT2D eigenvalue weighted by Gasteiger charge is 2.44. The molecule has 1 heterocycles. The molecule has 1 aromatic rings. The molecule has 1 fully saturated rings. The Balaban J connectivity index is 2.08. The molecule has 1 N–H and O–H groups in total. The Labute approximate surface area is 81.6 Å². The summed E-state index contributed by atoms with van der Waals surface area (Å²) in [5.74, 6) is -0.245. The molecule has 69 valence electrons. The van der Waals surface area contributed by atoms with E-state index in [2.05, 4.69) is 22.6 Å². The van der Waals surface area contributed by atoms with Crippen LogP contribution in [0, 0.1) is 17.5 Å². The summed E-state index contributed by atoms with van der Waals surface area (Å²) >= 11 is 0. The molecule has 0 aromatic carbocycles. The highest BCUT2D eigenvalue weighted by Crippen LogP contribution is 2.34. The van der Waals surface area contributed by atoms with E-state index in [9.17, 15) is 4.79 Å². The molecular formula is C10H8N3O. The molecule has 1 radical (unpaired) electrons. The zero-order chi connectivity index (χ0) is 10.0.